The van der Waals surface area contributed by atoms with Gasteiger partial charge in [-0.25, -0.2) is 4.79 Å². The first-order chi connectivity index (χ1) is 14.9. The molecule has 7 nitrogen and oxygen atoms in total. The predicted molar refractivity (Wildman–Crippen MR) is 120 cm³/mol. The second-order valence-corrected chi connectivity index (χ2v) is 7.73. The summed E-state index contributed by atoms with van der Waals surface area (Å²) in [5.74, 6) is 1.29. The van der Waals surface area contributed by atoms with Gasteiger partial charge in [0.2, 0.25) is 0 Å². The van der Waals surface area contributed by atoms with Gasteiger partial charge in [0.15, 0.2) is 11.5 Å². The Morgan fingerprint density at radius 3 is 2.52 bits per heavy atom. The van der Waals surface area contributed by atoms with E-state index in [4.69, 9.17) is 9.47 Å². The van der Waals surface area contributed by atoms with Crippen LogP contribution < -0.4 is 25.4 Å². The molecule has 2 aromatic carbocycles. The van der Waals surface area contributed by atoms with Crippen molar-refractivity contribution in [1.29, 1.82) is 0 Å². The molecule has 1 heterocycles. The molecule has 0 saturated heterocycles. The van der Waals surface area contributed by atoms with E-state index in [1.165, 1.54) is 0 Å². The van der Waals surface area contributed by atoms with Gasteiger partial charge in [-0.3, -0.25) is 4.79 Å². The molecule has 3 N–H and O–H groups in total. The van der Waals surface area contributed by atoms with Gasteiger partial charge in [0, 0.05) is 11.4 Å². The molecule has 0 fully saturated rings. The Balaban J connectivity index is 1.94. The molecular weight excluding hydrogens is 394 g/mol. The number of benzene rings is 2. The van der Waals surface area contributed by atoms with Crippen LogP contribution in [0.15, 0.2) is 59.8 Å². The van der Waals surface area contributed by atoms with E-state index in [1.54, 1.807) is 6.92 Å². The summed E-state index contributed by atoms with van der Waals surface area (Å²) in [6, 6.07) is 13.7. The molecule has 164 valence electrons. The third-order valence-electron chi connectivity index (χ3n) is 4.72. The molecule has 0 aliphatic carbocycles. The minimum absolute atomic E-state index is 0.292. The molecule has 0 aromatic heterocycles. The van der Waals surface area contributed by atoms with E-state index in [0.717, 1.165) is 5.56 Å². The van der Waals surface area contributed by atoms with E-state index in [9.17, 15) is 9.59 Å². The zero-order chi connectivity index (χ0) is 22.4. The fourth-order valence-electron chi connectivity index (χ4n) is 3.31. The summed E-state index contributed by atoms with van der Waals surface area (Å²) in [7, 11) is 0. The van der Waals surface area contributed by atoms with Crippen molar-refractivity contribution in [3.8, 4) is 11.5 Å². The summed E-state index contributed by atoms with van der Waals surface area (Å²) in [5.41, 5.74) is 2.34. The van der Waals surface area contributed by atoms with Gasteiger partial charge < -0.3 is 25.4 Å². The molecular formula is C24H29N3O4. The lowest BCUT2D eigenvalue weighted by Crippen LogP contribution is -2.46. The van der Waals surface area contributed by atoms with Crippen LogP contribution in [0.3, 0.4) is 0 Å². The van der Waals surface area contributed by atoms with E-state index >= 15 is 0 Å². The van der Waals surface area contributed by atoms with Crippen LogP contribution in [-0.4, -0.2) is 25.2 Å². The van der Waals surface area contributed by atoms with Gasteiger partial charge in [-0.1, -0.05) is 38.1 Å². The molecule has 0 bridgehead atoms. The number of para-hydroxylation sites is 1. The van der Waals surface area contributed by atoms with Gasteiger partial charge in [0.05, 0.1) is 24.8 Å². The van der Waals surface area contributed by atoms with Crippen LogP contribution in [0, 0.1) is 5.92 Å². The van der Waals surface area contributed by atoms with Crippen LogP contribution >= 0.6 is 0 Å². The Morgan fingerprint density at radius 2 is 1.84 bits per heavy atom. The number of anilines is 1. The standard InChI is InChI=1S/C24H29N3O4/c1-5-30-20-13-17(11-12-19(20)31-14-15(2)3)22-21(16(4)25-24(29)27-22)23(28)26-18-9-7-6-8-10-18/h6-13,15,22H,5,14H2,1-4H3,(H,26,28)(H2,25,27,29)/t22-/m0/s1. The third kappa shape index (κ3) is 5.57. The van der Waals surface area contributed by atoms with Crippen LogP contribution in [-0.2, 0) is 4.79 Å². The molecule has 0 saturated carbocycles. The molecule has 0 spiro atoms. The third-order valence-corrected chi connectivity index (χ3v) is 4.72. The van der Waals surface area contributed by atoms with Gasteiger partial charge >= 0.3 is 6.03 Å². The minimum Gasteiger partial charge on any atom is -0.490 e. The Bertz CT molecular complexity index is 970. The number of carbonyl (C=O) groups is 2. The van der Waals surface area contributed by atoms with Crippen LogP contribution in [0.4, 0.5) is 10.5 Å². The number of rotatable bonds is 8. The summed E-state index contributed by atoms with van der Waals surface area (Å²) < 4.78 is 11.6. The highest BCUT2D eigenvalue weighted by molar-refractivity contribution is 6.06. The average Bonchev–Trinajstić information content (AvgIpc) is 2.73. The lowest BCUT2D eigenvalue weighted by atomic mass is 9.94. The number of nitrogens with one attached hydrogen (secondary N) is 3. The van der Waals surface area contributed by atoms with Crippen molar-refractivity contribution in [3.05, 3.63) is 65.4 Å². The van der Waals surface area contributed by atoms with Crippen LogP contribution in [0.5, 0.6) is 11.5 Å². The largest absolute Gasteiger partial charge is 0.490 e. The summed E-state index contributed by atoms with van der Waals surface area (Å²) in [6.07, 6.45) is 0. The van der Waals surface area contributed by atoms with Crippen molar-refractivity contribution < 1.29 is 19.1 Å². The summed E-state index contributed by atoms with van der Waals surface area (Å²) in [6.45, 7) is 8.79. The van der Waals surface area contributed by atoms with Crippen LogP contribution in [0.2, 0.25) is 0 Å². The van der Waals surface area contributed by atoms with E-state index < -0.39 is 6.04 Å². The van der Waals surface area contributed by atoms with Crippen molar-refractivity contribution in [1.82, 2.24) is 10.6 Å². The zero-order valence-corrected chi connectivity index (χ0v) is 18.3. The molecule has 0 radical (unpaired) electrons. The van der Waals surface area contributed by atoms with Crippen molar-refractivity contribution >= 4 is 17.6 Å². The van der Waals surface area contributed by atoms with E-state index in [2.05, 4.69) is 29.8 Å². The highest BCUT2D eigenvalue weighted by Crippen LogP contribution is 2.35. The molecule has 3 rings (SSSR count). The molecule has 2 aromatic rings. The zero-order valence-electron chi connectivity index (χ0n) is 18.3. The maximum atomic E-state index is 13.1. The topological polar surface area (TPSA) is 88.7 Å². The van der Waals surface area contributed by atoms with E-state index in [0.29, 0.717) is 47.6 Å². The number of amides is 3. The number of ether oxygens (including phenoxy) is 2. The average molecular weight is 424 g/mol. The normalized spacial score (nSPS) is 15.9. The van der Waals surface area contributed by atoms with E-state index in [-0.39, 0.29) is 11.9 Å². The Morgan fingerprint density at radius 1 is 1.10 bits per heavy atom. The highest BCUT2D eigenvalue weighted by atomic mass is 16.5. The molecule has 1 aliphatic heterocycles. The summed E-state index contributed by atoms with van der Waals surface area (Å²) in [4.78, 5) is 25.3. The van der Waals surface area contributed by atoms with Crippen molar-refractivity contribution in [2.45, 2.75) is 33.7 Å². The maximum absolute atomic E-state index is 13.1. The Hall–Kier alpha value is -3.48. The first-order valence-corrected chi connectivity index (χ1v) is 10.4. The lowest BCUT2D eigenvalue weighted by molar-refractivity contribution is -0.113. The van der Waals surface area contributed by atoms with Gasteiger partial charge in [-0.05, 0) is 49.6 Å². The Kier molecular flexibility index (Phi) is 7.18. The number of hydrogen-bond acceptors (Lipinski definition) is 4. The summed E-state index contributed by atoms with van der Waals surface area (Å²) >= 11 is 0. The molecule has 7 heteroatoms. The number of urea groups is 1. The van der Waals surface area contributed by atoms with Crippen molar-refractivity contribution in [3.63, 3.8) is 0 Å². The van der Waals surface area contributed by atoms with Gasteiger partial charge in [0.25, 0.3) is 5.91 Å². The summed E-state index contributed by atoms with van der Waals surface area (Å²) in [5, 5.41) is 8.44. The fraction of sp³-hybridized carbons (Fsp3) is 0.333. The number of hydrogen-bond donors (Lipinski definition) is 3. The number of allylic oxidation sites excluding steroid dienone is 1. The minimum atomic E-state index is -0.629. The lowest BCUT2D eigenvalue weighted by Gasteiger charge is -2.29. The molecule has 1 aliphatic rings. The van der Waals surface area contributed by atoms with Crippen LogP contribution in [0.1, 0.15) is 39.3 Å². The van der Waals surface area contributed by atoms with Gasteiger partial charge in [-0.2, -0.15) is 0 Å². The fourth-order valence-corrected chi connectivity index (χ4v) is 3.31. The van der Waals surface area contributed by atoms with Crippen LogP contribution in [0.25, 0.3) is 0 Å². The first-order valence-electron chi connectivity index (χ1n) is 10.4. The molecule has 0 unspecified atom stereocenters. The second kappa shape index (κ2) is 10.0. The Labute approximate surface area is 182 Å². The first kappa shape index (κ1) is 22.2. The van der Waals surface area contributed by atoms with E-state index in [1.807, 2.05) is 55.5 Å². The molecule has 3 amide bonds. The monoisotopic (exact) mass is 423 g/mol. The molecule has 1 atom stereocenters. The maximum Gasteiger partial charge on any atom is 0.319 e. The predicted octanol–water partition coefficient (Wildman–Crippen LogP) is 4.39. The quantitative estimate of drug-likeness (QED) is 0.588. The smallest absolute Gasteiger partial charge is 0.319 e. The van der Waals surface area contributed by atoms with Gasteiger partial charge in [0.1, 0.15) is 0 Å². The van der Waals surface area contributed by atoms with Gasteiger partial charge in [-0.15, -0.1) is 0 Å². The number of carbonyl (C=O) groups excluding carboxylic acids is 2. The second-order valence-electron chi connectivity index (χ2n) is 7.73. The van der Waals surface area contributed by atoms with Crippen molar-refractivity contribution in [2.75, 3.05) is 18.5 Å². The van der Waals surface area contributed by atoms with Crippen molar-refractivity contribution in [2.24, 2.45) is 5.92 Å². The SMILES string of the molecule is CCOc1cc([C@@H]2NC(=O)NC(C)=C2C(=O)Nc2ccccc2)ccc1OCC(C)C. The molecule has 31 heavy (non-hydrogen) atoms. The highest BCUT2D eigenvalue weighted by Gasteiger charge is 2.32.